The molecule has 0 amide bonds. The number of carboxylic acids is 1. The van der Waals surface area contributed by atoms with Crippen molar-refractivity contribution in [2.75, 3.05) is 13.7 Å². The number of methoxy groups -OCH3 is 1. The van der Waals surface area contributed by atoms with Crippen molar-refractivity contribution in [1.82, 2.24) is 9.97 Å². The molecule has 0 bridgehead atoms. The molecule has 0 aliphatic heterocycles. The first-order valence-corrected chi connectivity index (χ1v) is 18.9. The number of ether oxygens (including phenoxy) is 2. The van der Waals surface area contributed by atoms with Gasteiger partial charge in [-0.25, -0.2) is 14.8 Å². The van der Waals surface area contributed by atoms with Crippen LogP contribution >= 0.6 is 22.6 Å². The molecule has 0 saturated heterocycles. The highest BCUT2D eigenvalue weighted by molar-refractivity contribution is 14.1. The van der Waals surface area contributed by atoms with Crippen LogP contribution in [-0.2, 0) is 31.5 Å². The van der Waals surface area contributed by atoms with Gasteiger partial charge in [-0.05, 0) is 119 Å². The Balaban J connectivity index is 0.000000266. The average molecular weight is 785 g/mol. The molecule has 9 heteroatoms. The van der Waals surface area contributed by atoms with Gasteiger partial charge in [-0.2, -0.15) is 0 Å². The zero-order chi connectivity index (χ0) is 35.9. The largest absolute Gasteiger partial charge is 0.479 e. The highest BCUT2D eigenvalue weighted by Crippen LogP contribution is 2.41. The van der Waals surface area contributed by atoms with E-state index in [1.165, 1.54) is 22.3 Å². The Morgan fingerprint density at radius 2 is 1.49 bits per heavy atom. The number of rotatable bonds is 12. The third kappa shape index (κ3) is 9.61. The van der Waals surface area contributed by atoms with E-state index in [-0.39, 0.29) is 6.10 Å². The molecule has 0 radical (unpaired) electrons. The van der Waals surface area contributed by atoms with Gasteiger partial charge in [-0.1, -0.05) is 55.0 Å². The molecule has 1 fully saturated rings. The Bertz CT molecular complexity index is 1690. The second kappa shape index (κ2) is 17.3. The Kier molecular flexibility index (Phi) is 13.7. The normalized spacial score (nSPS) is 17.0. The van der Waals surface area contributed by atoms with Crippen LogP contribution in [0.2, 0.25) is 0 Å². The molecule has 1 saturated carbocycles. The van der Waals surface area contributed by atoms with Crippen LogP contribution in [0.1, 0.15) is 105 Å². The molecule has 2 aromatic heterocycles. The smallest absolute Gasteiger partial charge is 0.335 e. The first-order valence-electron chi connectivity index (χ1n) is 17.4. The Morgan fingerprint density at radius 3 is 1.98 bits per heavy atom. The first-order chi connectivity index (χ1) is 23.3. The first kappa shape index (κ1) is 38.8. The lowest BCUT2D eigenvalue weighted by molar-refractivity contribution is -0.163. The van der Waals surface area contributed by atoms with Crippen LogP contribution in [0.3, 0.4) is 0 Å². The Hall–Kier alpha value is -3.02. The Morgan fingerprint density at radius 1 is 0.918 bits per heavy atom. The zero-order valence-electron chi connectivity index (χ0n) is 30.6. The summed E-state index contributed by atoms with van der Waals surface area (Å²) in [7, 11) is 1.74. The van der Waals surface area contributed by atoms with Crippen LogP contribution in [0.4, 0.5) is 0 Å². The second-order valence-corrected chi connectivity index (χ2v) is 14.5. The van der Waals surface area contributed by atoms with Gasteiger partial charge in [-0.3, -0.25) is 0 Å². The molecule has 1 unspecified atom stereocenters. The molecular formula is C40H53IN2O6. The van der Waals surface area contributed by atoms with E-state index in [2.05, 4.69) is 106 Å². The van der Waals surface area contributed by atoms with Gasteiger partial charge in [0.05, 0.1) is 12.3 Å². The van der Waals surface area contributed by atoms with E-state index >= 15 is 0 Å². The maximum absolute atomic E-state index is 11.4. The highest BCUT2D eigenvalue weighted by atomic mass is 127. The van der Waals surface area contributed by atoms with E-state index in [4.69, 9.17) is 23.3 Å². The van der Waals surface area contributed by atoms with E-state index in [9.17, 15) is 9.90 Å². The predicted molar refractivity (Wildman–Crippen MR) is 202 cm³/mol. The molecule has 1 aliphatic rings. The molecule has 266 valence electrons. The molecule has 1 aliphatic carbocycles. The van der Waals surface area contributed by atoms with E-state index in [0.29, 0.717) is 24.3 Å². The number of oxazole rings is 2. The van der Waals surface area contributed by atoms with Crippen molar-refractivity contribution in [3.05, 3.63) is 81.6 Å². The lowest BCUT2D eigenvalue weighted by Crippen LogP contribution is -2.37. The van der Waals surface area contributed by atoms with Crippen LogP contribution in [-0.4, -0.2) is 40.4 Å². The number of halogens is 1. The van der Waals surface area contributed by atoms with E-state index in [1.54, 1.807) is 21.0 Å². The van der Waals surface area contributed by atoms with Crippen molar-refractivity contribution in [3.8, 4) is 22.9 Å². The quantitative estimate of drug-likeness (QED) is 0.112. The van der Waals surface area contributed by atoms with Crippen molar-refractivity contribution in [2.45, 2.75) is 110 Å². The molecule has 8 nitrogen and oxygen atoms in total. The molecule has 0 spiro atoms. The minimum absolute atomic E-state index is 0.149. The van der Waals surface area contributed by atoms with Crippen LogP contribution in [0.15, 0.2) is 45.2 Å². The van der Waals surface area contributed by atoms with Crippen molar-refractivity contribution < 1.29 is 28.2 Å². The van der Waals surface area contributed by atoms with Gasteiger partial charge in [-0.15, -0.1) is 0 Å². The minimum Gasteiger partial charge on any atom is -0.479 e. The fourth-order valence-electron chi connectivity index (χ4n) is 6.27. The van der Waals surface area contributed by atoms with Gasteiger partial charge in [0, 0.05) is 35.5 Å². The summed E-state index contributed by atoms with van der Waals surface area (Å²) in [6.45, 7) is 16.2. The number of hydrogen-bond donors (Lipinski definition) is 1. The second-order valence-electron chi connectivity index (χ2n) is 13.7. The maximum atomic E-state index is 11.4. The van der Waals surface area contributed by atoms with Crippen LogP contribution < -0.4 is 0 Å². The number of carbonyl (C=O) groups is 1. The lowest BCUT2D eigenvalue weighted by atomic mass is 9.78. The highest BCUT2D eigenvalue weighted by Gasteiger charge is 2.35. The number of hydrogen-bond acceptors (Lipinski definition) is 7. The number of aromatic nitrogens is 2. The van der Waals surface area contributed by atoms with Gasteiger partial charge in [0.15, 0.2) is 5.60 Å². The van der Waals surface area contributed by atoms with Crippen molar-refractivity contribution in [3.63, 3.8) is 0 Å². The number of nitrogens with zero attached hydrogens (tertiary/aromatic N) is 2. The summed E-state index contributed by atoms with van der Waals surface area (Å²) < 4.78 is 24.6. The molecule has 4 aromatic rings. The third-order valence-corrected chi connectivity index (χ3v) is 10.5. The van der Waals surface area contributed by atoms with Crippen LogP contribution in [0.5, 0.6) is 0 Å². The number of aliphatic carboxylic acids is 1. The fraction of sp³-hybridized carbons (Fsp3) is 0.525. The number of alkyl halides is 1. The Labute approximate surface area is 305 Å². The summed E-state index contributed by atoms with van der Waals surface area (Å²) in [6.07, 6.45) is 5.57. The number of carboxylic acid groups (broad SMARTS) is 1. The topological polar surface area (TPSA) is 108 Å². The summed E-state index contributed by atoms with van der Waals surface area (Å²) in [4.78, 5) is 20.8. The molecule has 1 N–H and O–H groups in total. The molecule has 49 heavy (non-hydrogen) atoms. The molecule has 5 rings (SSSR count). The van der Waals surface area contributed by atoms with Crippen molar-refractivity contribution in [2.24, 2.45) is 11.8 Å². The number of benzene rings is 2. The zero-order valence-corrected chi connectivity index (χ0v) is 32.8. The maximum Gasteiger partial charge on any atom is 0.335 e. The number of aryl methyl sites for hydroxylation is 6. The SMILES string of the molecule is CCc1oc(-c2ccc(C)c(C)c2)nc1C(OC)[C@@H]1CCC[C@H](COC(C)(C)C(=O)O)C1.CCc1oc(-c2ccc(C)c(C)c2)nc1CI. The van der Waals surface area contributed by atoms with Gasteiger partial charge in [0.1, 0.15) is 23.3 Å². The lowest BCUT2D eigenvalue weighted by Gasteiger charge is -2.34. The van der Waals surface area contributed by atoms with Gasteiger partial charge >= 0.3 is 5.97 Å². The molecule has 2 aromatic carbocycles. The van der Waals surface area contributed by atoms with Gasteiger partial charge in [0.2, 0.25) is 11.8 Å². The molecule has 3 atom stereocenters. The summed E-state index contributed by atoms with van der Waals surface area (Å²) >= 11 is 2.32. The monoisotopic (exact) mass is 784 g/mol. The third-order valence-electron chi connectivity index (χ3n) is 9.75. The predicted octanol–water partition coefficient (Wildman–Crippen LogP) is 10.4. The van der Waals surface area contributed by atoms with Crippen LogP contribution in [0.25, 0.3) is 22.9 Å². The molecule has 2 heterocycles. The summed E-state index contributed by atoms with van der Waals surface area (Å²) in [5, 5.41) is 9.32. The van der Waals surface area contributed by atoms with Crippen molar-refractivity contribution in [1.29, 1.82) is 0 Å². The summed E-state index contributed by atoms with van der Waals surface area (Å²) in [6, 6.07) is 12.6. The van der Waals surface area contributed by atoms with Crippen LogP contribution in [0, 0.1) is 39.5 Å². The van der Waals surface area contributed by atoms with Crippen molar-refractivity contribution >= 4 is 28.6 Å². The van der Waals surface area contributed by atoms with Gasteiger partial charge in [0.25, 0.3) is 0 Å². The van der Waals surface area contributed by atoms with E-state index < -0.39 is 11.6 Å². The van der Waals surface area contributed by atoms with Gasteiger partial charge < -0.3 is 23.4 Å². The summed E-state index contributed by atoms with van der Waals surface area (Å²) in [5.41, 5.74) is 7.86. The standard InChI is InChI=1S/C26H37NO5.C14H16INO/c1-7-21-22(27-24(32-21)20-12-11-16(2)17(3)13-20)23(30-6)19-10-8-9-18(14-19)15-31-26(4,5)25(28)29;1-4-13-12(8-15)16-14(17-13)11-6-5-9(2)10(3)7-11/h11-13,18-19,23H,7-10,14-15H2,1-6H3,(H,28,29);5-7H,4,8H2,1-3H3/t18-,19+,23?;/m0./s1. The summed E-state index contributed by atoms with van der Waals surface area (Å²) in [5.74, 6) is 2.92. The fourth-order valence-corrected chi connectivity index (χ4v) is 6.87. The van der Waals surface area contributed by atoms with E-state index in [0.717, 1.165) is 82.9 Å². The molecular weight excluding hydrogens is 731 g/mol. The average Bonchev–Trinajstić information content (AvgIpc) is 3.72. The minimum atomic E-state index is -1.17. The van der Waals surface area contributed by atoms with E-state index in [1.807, 2.05) is 0 Å².